The third-order valence-electron chi connectivity index (χ3n) is 6.34. The molecule has 2 fully saturated rings. The number of fused-ring (bicyclic) bond motifs is 2. The Morgan fingerprint density at radius 2 is 1.97 bits per heavy atom. The molecule has 3 heterocycles. The van der Waals surface area contributed by atoms with Gasteiger partial charge in [-0.3, -0.25) is 14.4 Å². The Labute approximate surface area is 170 Å². The number of nitrogens with one attached hydrogen (secondary N) is 1. The monoisotopic (exact) mass is 397 g/mol. The lowest BCUT2D eigenvalue weighted by atomic mass is 9.80. The molecule has 4 rings (SSSR count). The van der Waals surface area contributed by atoms with Gasteiger partial charge in [-0.25, -0.2) is 0 Å². The van der Waals surface area contributed by atoms with Crippen molar-refractivity contribution in [1.82, 2.24) is 15.1 Å². The molecule has 0 unspecified atom stereocenters. The number of hydrogen-bond donors (Lipinski definition) is 1. The minimum absolute atomic E-state index is 0.00200. The number of benzene rings is 1. The van der Waals surface area contributed by atoms with E-state index in [2.05, 4.69) is 5.32 Å². The number of aryl methyl sites for hydroxylation is 1. The van der Waals surface area contributed by atoms with E-state index in [1.807, 2.05) is 30.0 Å². The molecule has 2 saturated heterocycles. The smallest absolute Gasteiger partial charge is 0.227 e. The first-order valence-corrected chi connectivity index (χ1v) is 10.1. The average molecular weight is 397 g/mol. The van der Waals surface area contributed by atoms with Crippen LogP contribution in [0.15, 0.2) is 28.9 Å². The number of piperidine rings is 1. The summed E-state index contributed by atoms with van der Waals surface area (Å²) in [6.07, 6.45) is 2.60. The van der Waals surface area contributed by atoms with Crippen molar-refractivity contribution in [3.8, 4) is 0 Å². The molecule has 154 valence electrons. The normalized spacial score (nSPS) is 23.9. The Kier molecular flexibility index (Phi) is 4.84. The summed E-state index contributed by atoms with van der Waals surface area (Å²) in [7, 11) is 0. The van der Waals surface area contributed by atoms with Crippen molar-refractivity contribution < 1.29 is 18.8 Å². The van der Waals surface area contributed by atoms with E-state index < -0.39 is 5.54 Å². The zero-order valence-electron chi connectivity index (χ0n) is 17.2. The molecule has 2 aliphatic heterocycles. The zero-order valence-corrected chi connectivity index (χ0v) is 17.2. The molecule has 0 bridgehead atoms. The molecule has 0 saturated carbocycles. The maximum atomic E-state index is 13.0. The first-order chi connectivity index (χ1) is 13.8. The predicted molar refractivity (Wildman–Crippen MR) is 108 cm³/mol. The van der Waals surface area contributed by atoms with E-state index in [-0.39, 0.29) is 30.1 Å². The number of rotatable bonds is 3. The summed E-state index contributed by atoms with van der Waals surface area (Å²) in [4.78, 5) is 40.4. The first-order valence-electron chi connectivity index (χ1n) is 10.1. The van der Waals surface area contributed by atoms with Crippen LogP contribution < -0.4 is 5.32 Å². The lowest BCUT2D eigenvalue weighted by Crippen LogP contribution is -2.61. The van der Waals surface area contributed by atoms with Crippen LogP contribution in [0.5, 0.6) is 0 Å². The van der Waals surface area contributed by atoms with Crippen LogP contribution in [0.4, 0.5) is 0 Å². The quantitative estimate of drug-likeness (QED) is 0.857. The van der Waals surface area contributed by atoms with Gasteiger partial charge in [0.1, 0.15) is 5.58 Å². The molecule has 7 heteroatoms. The van der Waals surface area contributed by atoms with Gasteiger partial charge in [0, 0.05) is 56.9 Å². The number of carbonyl (C=O) groups is 3. The number of amides is 3. The summed E-state index contributed by atoms with van der Waals surface area (Å²) in [5.41, 5.74) is 2.37. The second-order valence-corrected chi connectivity index (χ2v) is 8.46. The van der Waals surface area contributed by atoms with Gasteiger partial charge >= 0.3 is 0 Å². The average Bonchev–Trinajstić information content (AvgIpc) is 3.21. The highest BCUT2D eigenvalue weighted by atomic mass is 16.3. The van der Waals surface area contributed by atoms with Crippen molar-refractivity contribution in [2.75, 3.05) is 26.2 Å². The van der Waals surface area contributed by atoms with Gasteiger partial charge in [-0.05, 0) is 25.0 Å². The number of hydrogen-bond acceptors (Lipinski definition) is 4. The van der Waals surface area contributed by atoms with E-state index in [9.17, 15) is 14.4 Å². The van der Waals surface area contributed by atoms with E-state index in [4.69, 9.17) is 4.42 Å². The van der Waals surface area contributed by atoms with Gasteiger partial charge in [-0.15, -0.1) is 0 Å². The maximum Gasteiger partial charge on any atom is 0.227 e. The van der Waals surface area contributed by atoms with E-state index in [1.54, 1.807) is 18.1 Å². The van der Waals surface area contributed by atoms with Gasteiger partial charge in [0.25, 0.3) is 0 Å². The molecule has 29 heavy (non-hydrogen) atoms. The molecule has 0 aliphatic carbocycles. The van der Waals surface area contributed by atoms with Crippen LogP contribution in [0, 0.1) is 12.8 Å². The Morgan fingerprint density at radius 3 is 2.69 bits per heavy atom. The van der Waals surface area contributed by atoms with Gasteiger partial charge in [0.15, 0.2) is 0 Å². The van der Waals surface area contributed by atoms with Gasteiger partial charge in [-0.1, -0.05) is 12.1 Å². The van der Waals surface area contributed by atoms with Crippen LogP contribution in [0.3, 0.4) is 0 Å². The van der Waals surface area contributed by atoms with Crippen molar-refractivity contribution in [3.05, 3.63) is 35.6 Å². The topological polar surface area (TPSA) is 82.9 Å². The summed E-state index contributed by atoms with van der Waals surface area (Å²) >= 11 is 0. The summed E-state index contributed by atoms with van der Waals surface area (Å²) < 4.78 is 5.63. The highest BCUT2D eigenvalue weighted by molar-refractivity contribution is 5.88. The Hall–Kier alpha value is -2.83. The highest BCUT2D eigenvalue weighted by Crippen LogP contribution is 2.36. The fourth-order valence-electron chi connectivity index (χ4n) is 4.81. The minimum atomic E-state index is -0.436. The molecule has 0 radical (unpaired) electrons. The highest BCUT2D eigenvalue weighted by Gasteiger charge is 2.51. The lowest BCUT2D eigenvalue weighted by Gasteiger charge is -2.43. The van der Waals surface area contributed by atoms with Crippen LogP contribution in [0.1, 0.15) is 31.4 Å². The SMILES string of the molecule is CC(=O)N[C@@]12CCN(C(=O)Cc3coc4cc(C)ccc34)C[C@@H]1CN(C(C)=O)C2. The van der Waals surface area contributed by atoms with Crippen LogP contribution in [0.2, 0.25) is 0 Å². The first kappa shape index (κ1) is 19.5. The Morgan fingerprint density at radius 1 is 1.21 bits per heavy atom. The predicted octanol–water partition coefficient (Wildman–Crippen LogP) is 1.87. The van der Waals surface area contributed by atoms with Crippen LogP contribution in [-0.4, -0.2) is 59.2 Å². The van der Waals surface area contributed by atoms with Crippen molar-refractivity contribution in [1.29, 1.82) is 0 Å². The maximum absolute atomic E-state index is 13.0. The van der Waals surface area contributed by atoms with Gasteiger partial charge in [0.05, 0.1) is 18.2 Å². The summed E-state index contributed by atoms with van der Waals surface area (Å²) in [5, 5.41) is 4.06. The molecule has 0 spiro atoms. The fraction of sp³-hybridized carbons (Fsp3) is 0.500. The van der Waals surface area contributed by atoms with Crippen molar-refractivity contribution in [2.24, 2.45) is 5.92 Å². The molecule has 1 aromatic carbocycles. The van der Waals surface area contributed by atoms with Crippen molar-refractivity contribution in [2.45, 2.75) is 39.2 Å². The van der Waals surface area contributed by atoms with Crippen molar-refractivity contribution >= 4 is 28.7 Å². The second-order valence-electron chi connectivity index (χ2n) is 8.46. The number of carbonyl (C=O) groups excluding carboxylic acids is 3. The number of nitrogens with zero attached hydrogens (tertiary/aromatic N) is 2. The molecular formula is C22H27N3O4. The van der Waals surface area contributed by atoms with Crippen LogP contribution in [-0.2, 0) is 20.8 Å². The summed E-state index contributed by atoms with van der Waals surface area (Å²) in [6.45, 7) is 7.24. The Bertz CT molecular complexity index is 982. The van der Waals surface area contributed by atoms with E-state index in [0.717, 1.165) is 22.1 Å². The number of furan rings is 1. The molecule has 2 aliphatic rings. The van der Waals surface area contributed by atoms with E-state index in [1.165, 1.54) is 6.92 Å². The van der Waals surface area contributed by atoms with Gasteiger partial charge in [0.2, 0.25) is 17.7 Å². The Balaban J connectivity index is 1.49. The van der Waals surface area contributed by atoms with Gasteiger partial charge in [-0.2, -0.15) is 0 Å². The molecule has 1 aromatic heterocycles. The third-order valence-corrected chi connectivity index (χ3v) is 6.34. The lowest BCUT2D eigenvalue weighted by molar-refractivity contribution is -0.133. The molecule has 1 N–H and O–H groups in total. The summed E-state index contributed by atoms with van der Waals surface area (Å²) in [6, 6.07) is 5.99. The van der Waals surface area contributed by atoms with Crippen LogP contribution >= 0.6 is 0 Å². The van der Waals surface area contributed by atoms with Crippen LogP contribution in [0.25, 0.3) is 11.0 Å². The largest absolute Gasteiger partial charge is 0.464 e. The summed E-state index contributed by atoms with van der Waals surface area (Å²) in [5.74, 6) is -0.00905. The second kappa shape index (κ2) is 7.21. The standard InChI is InChI=1S/C22H27N3O4/c1-14-4-5-19-17(12-29-20(19)8-14)9-21(28)24-7-6-22(23-15(2)26)13-25(16(3)27)11-18(22)10-24/h4-5,8,12,18H,6-7,9-11,13H2,1-3H3,(H,23,26)/t18-,22-/m1/s1. The molecule has 3 amide bonds. The minimum Gasteiger partial charge on any atom is -0.464 e. The molecule has 2 atom stereocenters. The molecule has 7 nitrogen and oxygen atoms in total. The van der Waals surface area contributed by atoms with Gasteiger partial charge < -0.3 is 19.5 Å². The van der Waals surface area contributed by atoms with E-state index >= 15 is 0 Å². The third kappa shape index (κ3) is 3.61. The van der Waals surface area contributed by atoms with Crippen molar-refractivity contribution in [3.63, 3.8) is 0 Å². The van der Waals surface area contributed by atoms with E-state index in [0.29, 0.717) is 32.6 Å². The fourth-order valence-corrected chi connectivity index (χ4v) is 4.81. The molecule has 2 aromatic rings. The molecular weight excluding hydrogens is 370 g/mol. The number of likely N-dealkylation sites (tertiary alicyclic amines) is 2. The zero-order chi connectivity index (χ0) is 20.8.